The molecule has 4 nitrogen and oxygen atoms in total. The van der Waals surface area contributed by atoms with Gasteiger partial charge in [-0.05, 0) is 97.2 Å². The zero-order chi connectivity index (χ0) is 29.3. The Labute approximate surface area is 251 Å². The van der Waals surface area contributed by atoms with Crippen LogP contribution in [-0.4, -0.2) is 28.3 Å². The van der Waals surface area contributed by atoms with Crippen molar-refractivity contribution in [3.8, 4) is 22.5 Å². The maximum Gasteiger partial charge on any atom is 0.494 e. The van der Waals surface area contributed by atoms with Gasteiger partial charge in [-0.3, -0.25) is 0 Å². The Hall–Kier alpha value is -4.58. The van der Waals surface area contributed by atoms with E-state index in [2.05, 4.69) is 143 Å². The van der Waals surface area contributed by atoms with Crippen LogP contribution in [0.25, 0.3) is 65.9 Å². The summed E-state index contributed by atoms with van der Waals surface area (Å²) in [6.07, 6.45) is 0. The molecule has 5 aromatic carbocycles. The van der Waals surface area contributed by atoms with E-state index in [1.165, 1.54) is 21.5 Å². The Kier molecular flexibility index (Phi) is 5.74. The molecule has 1 aliphatic rings. The highest BCUT2D eigenvalue weighted by atomic mass is 16.7. The van der Waals surface area contributed by atoms with E-state index in [4.69, 9.17) is 19.3 Å². The number of rotatable bonds is 3. The molecule has 0 bridgehead atoms. The summed E-state index contributed by atoms with van der Waals surface area (Å²) in [6, 6.07) is 40.6. The molecule has 1 saturated heterocycles. The standard InChI is InChI=1S/C38H31BN2O2/c1-37(2)38(3,4)43-39(42-37)32-20-30(33-15-13-28-17-24-9-5-7-11-26(24)22-35(28)40-33)19-31(21-32)34-16-14-29-18-25-10-6-8-12-27(25)23-36(29)41-34/h5-23H,1-4H3. The van der Waals surface area contributed by atoms with Gasteiger partial charge in [-0.1, -0.05) is 72.8 Å². The summed E-state index contributed by atoms with van der Waals surface area (Å²) in [4.78, 5) is 10.3. The number of nitrogens with zero attached hydrogens (tertiary/aromatic N) is 2. The van der Waals surface area contributed by atoms with Gasteiger partial charge >= 0.3 is 7.12 Å². The summed E-state index contributed by atoms with van der Waals surface area (Å²) in [5.74, 6) is 0. The molecule has 43 heavy (non-hydrogen) atoms. The van der Waals surface area contributed by atoms with Crippen LogP contribution in [0.1, 0.15) is 27.7 Å². The van der Waals surface area contributed by atoms with Gasteiger partial charge in [-0.25, -0.2) is 9.97 Å². The fourth-order valence-corrected chi connectivity index (χ4v) is 6.01. The van der Waals surface area contributed by atoms with Gasteiger partial charge in [0.05, 0.1) is 33.6 Å². The van der Waals surface area contributed by atoms with Crippen LogP contribution in [0.3, 0.4) is 0 Å². The van der Waals surface area contributed by atoms with E-state index < -0.39 is 18.3 Å². The van der Waals surface area contributed by atoms with Crippen LogP contribution in [0.4, 0.5) is 0 Å². The van der Waals surface area contributed by atoms with E-state index in [1.54, 1.807) is 0 Å². The second-order valence-corrected chi connectivity index (χ2v) is 12.6. The third-order valence-electron chi connectivity index (χ3n) is 9.19. The topological polar surface area (TPSA) is 44.2 Å². The summed E-state index contributed by atoms with van der Waals surface area (Å²) < 4.78 is 13.0. The lowest BCUT2D eigenvalue weighted by Gasteiger charge is -2.32. The number of benzene rings is 5. The zero-order valence-corrected chi connectivity index (χ0v) is 24.8. The van der Waals surface area contributed by atoms with E-state index in [-0.39, 0.29) is 0 Å². The predicted molar refractivity (Wildman–Crippen MR) is 179 cm³/mol. The molecule has 0 amide bonds. The first-order valence-electron chi connectivity index (χ1n) is 14.8. The van der Waals surface area contributed by atoms with Crippen LogP contribution in [0.5, 0.6) is 0 Å². The highest BCUT2D eigenvalue weighted by molar-refractivity contribution is 6.62. The first-order chi connectivity index (χ1) is 20.7. The van der Waals surface area contributed by atoms with Gasteiger partial charge < -0.3 is 9.31 Å². The van der Waals surface area contributed by atoms with Crippen molar-refractivity contribution in [2.75, 3.05) is 0 Å². The largest absolute Gasteiger partial charge is 0.494 e. The summed E-state index contributed by atoms with van der Waals surface area (Å²) in [5.41, 5.74) is 5.78. The Morgan fingerprint density at radius 3 is 1.33 bits per heavy atom. The van der Waals surface area contributed by atoms with Crippen molar-refractivity contribution in [2.24, 2.45) is 0 Å². The van der Waals surface area contributed by atoms with Gasteiger partial charge in [-0.2, -0.15) is 0 Å². The number of hydrogen-bond acceptors (Lipinski definition) is 4. The second-order valence-electron chi connectivity index (χ2n) is 12.6. The van der Waals surface area contributed by atoms with Gasteiger partial charge in [0.2, 0.25) is 0 Å². The van der Waals surface area contributed by atoms with Crippen molar-refractivity contribution in [1.82, 2.24) is 9.97 Å². The number of fused-ring (bicyclic) bond motifs is 4. The van der Waals surface area contributed by atoms with E-state index in [9.17, 15) is 0 Å². The van der Waals surface area contributed by atoms with Crippen LogP contribution >= 0.6 is 0 Å². The molecule has 0 saturated carbocycles. The highest BCUT2D eigenvalue weighted by Gasteiger charge is 2.51. The van der Waals surface area contributed by atoms with Crippen LogP contribution in [0.15, 0.2) is 115 Å². The van der Waals surface area contributed by atoms with Crippen molar-refractivity contribution in [2.45, 2.75) is 38.9 Å². The molecule has 0 atom stereocenters. The maximum absolute atomic E-state index is 6.51. The van der Waals surface area contributed by atoms with Gasteiger partial charge in [0, 0.05) is 21.9 Å². The van der Waals surface area contributed by atoms with Crippen molar-refractivity contribution >= 4 is 55.9 Å². The Bertz CT molecular complexity index is 2070. The fourth-order valence-electron chi connectivity index (χ4n) is 6.01. The molecule has 1 fully saturated rings. The molecule has 8 rings (SSSR count). The first kappa shape index (κ1) is 26.1. The van der Waals surface area contributed by atoms with Gasteiger partial charge in [0.25, 0.3) is 0 Å². The molecule has 1 aliphatic heterocycles. The SMILES string of the molecule is CC1(C)OB(c2cc(-c3ccc4cc5ccccc5cc4n3)cc(-c3ccc4cc5ccccc5cc4n3)c2)OC1(C)C. The molecule has 0 radical (unpaired) electrons. The van der Waals surface area contributed by atoms with Crippen LogP contribution in [-0.2, 0) is 9.31 Å². The Morgan fingerprint density at radius 2 is 0.884 bits per heavy atom. The van der Waals surface area contributed by atoms with Crippen molar-refractivity contribution in [1.29, 1.82) is 0 Å². The average Bonchev–Trinajstić information content (AvgIpc) is 3.24. The molecule has 0 aliphatic carbocycles. The molecule has 3 heterocycles. The van der Waals surface area contributed by atoms with Gasteiger partial charge in [0.15, 0.2) is 0 Å². The van der Waals surface area contributed by atoms with Crippen LogP contribution < -0.4 is 5.46 Å². The molecule has 0 spiro atoms. The minimum absolute atomic E-state index is 0.446. The molecule has 0 N–H and O–H groups in total. The second kappa shape index (κ2) is 9.47. The summed E-state index contributed by atoms with van der Waals surface area (Å²) in [5, 5.41) is 7.02. The fraction of sp³-hybridized carbons (Fsp3) is 0.158. The normalized spacial score (nSPS) is 16.0. The molecule has 2 aromatic heterocycles. The van der Waals surface area contributed by atoms with Crippen molar-refractivity contribution in [3.05, 3.63) is 115 Å². The molecule has 208 valence electrons. The van der Waals surface area contributed by atoms with Crippen molar-refractivity contribution in [3.63, 3.8) is 0 Å². The molecule has 0 unspecified atom stereocenters. The zero-order valence-electron chi connectivity index (χ0n) is 24.8. The van der Waals surface area contributed by atoms with E-state index in [0.717, 1.165) is 49.8 Å². The summed E-state index contributed by atoms with van der Waals surface area (Å²) >= 11 is 0. The minimum Gasteiger partial charge on any atom is -0.399 e. The Balaban J connectivity index is 1.29. The Morgan fingerprint density at radius 1 is 0.465 bits per heavy atom. The lowest BCUT2D eigenvalue weighted by atomic mass is 9.77. The summed E-state index contributed by atoms with van der Waals surface area (Å²) in [6.45, 7) is 8.34. The molecular weight excluding hydrogens is 527 g/mol. The minimum atomic E-state index is -0.502. The third kappa shape index (κ3) is 4.48. The molecule has 7 aromatic rings. The monoisotopic (exact) mass is 558 g/mol. The number of aromatic nitrogens is 2. The van der Waals surface area contributed by atoms with Gasteiger partial charge in [-0.15, -0.1) is 0 Å². The average molecular weight is 558 g/mol. The first-order valence-corrected chi connectivity index (χ1v) is 14.8. The lowest BCUT2D eigenvalue weighted by molar-refractivity contribution is 0.00578. The van der Waals surface area contributed by atoms with Crippen LogP contribution in [0, 0.1) is 0 Å². The molecular formula is C38H31BN2O2. The smallest absolute Gasteiger partial charge is 0.399 e. The van der Waals surface area contributed by atoms with E-state index in [0.29, 0.717) is 0 Å². The summed E-state index contributed by atoms with van der Waals surface area (Å²) in [7, 11) is -0.502. The maximum atomic E-state index is 6.51. The van der Waals surface area contributed by atoms with Crippen molar-refractivity contribution < 1.29 is 9.31 Å². The van der Waals surface area contributed by atoms with Crippen LogP contribution in [0.2, 0.25) is 0 Å². The predicted octanol–water partition coefficient (Wildman–Crippen LogP) is 8.72. The number of hydrogen-bond donors (Lipinski definition) is 0. The highest BCUT2D eigenvalue weighted by Crippen LogP contribution is 2.37. The third-order valence-corrected chi connectivity index (χ3v) is 9.19. The van der Waals surface area contributed by atoms with Gasteiger partial charge in [0.1, 0.15) is 0 Å². The molecule has 5 heteroatoms. The van der Waals surface area contributed by atoms with E-state index in [1.807, 2.05) is 0 Å². The van der Waals surface area contributed by atoms with E-state index >= 15 is 0 Å². The number of pyridine rings is 2. The quantitative estimate of drug-likeness (QED) is 0.161. The lowest BCUT2D eigenvalue weighted by Crippen LogP contribution is -2.41.